The van der Waals surface area contributed by atoms with Crippen LogP contribution in [0.4, 0.5) is 23.2 Å². The third-order valence-electron chi connectivity index (χ3n) is 5.30. The van der Waals surface area contributed by atoms with Gasteiger partial charge in [-0.1, -0.05) is 11.8 Å². The average molecular weight is 485 g/mol. The van der Waals surface area contributed by atoms with E-state index in [9.17, 15) is 27.2 Å². The molecule has 1 fully saturated rings. The number of nitrogens with zero attached hydrogens (tertiary/aromatic N) is 3. The monoisotopic (exact) mass is 485 g/mol. The smallest absolute Gasteiger partial charge is 0.415 e. The van der Waals surface area contributed by atoms with Crippen LogP contribution in [-0.4, -0.2) is 56.8 Å². The van der Waals surface area contributed by atoms with Gasteiger partial charge in [-0.25, -0.2) is 24.1 Å². The lowest BCUT2D eigenvalue weighted by atomic mass is 9.78. The molecule has 2 aliphatic heterocycles. The molecule has 0 spiro atoms. The van der Waals surface area contributed by atoms with E-state index in [1.54, 1.807) is 0 Å². The number of hydrogen-bond donors (Lipinski definition) is 3. The van der Waals surface area contributed by atoms with Crippen LogP contribution in [-0.2, 0) is 10.3 Å². The number of carboxylic acid groups (broad SMARTS) is 1. The van der Waals surface area contributed by atoms with Crippen LogP contribution in [0.25, 0.3) is 0 Å². The zero-order chi connectivity index (χ0) is 24.0. The second-order valence-corrected chi connectivity index (χ2v) is 8.35. The summed E-state index contributed by atoms with van der Waals surface area (Å²) >= 11 is 0.927. The van der Waals surface area contributed by atoms with Crippen molar-refractivity contribution in [3.8, 4) is 0 Å². The summed E-state index contributed by atoms with van der Waals surface area (Å²) in [5.41, 5.74) is 3.31. The molecule has 3 atom stereocenters. The van der Waals surface area contributed by atoms with Crippen LogP contribution in [0.5, 0.6) is 0 Å². The Kier molecular flexibility index (Phi) is 5.74. The van der Waals surface area contributed by atoms with E-state index in [0.29, 0.717) is 0 Å². The lowest BCUT2D eigenvalue weighted by molar-refractivity contribution is -0.215. The highest BCUT2D eigenvalue weighted by atomic mass is 32.2. The maximum Gasteiger partial charge on any atom is 0.415 e. The van der Waals surface area contributed by atoms with Gasteiger partial charge in [0.1, 0.15) is 17.1 Å². The Morgan fingerprint density at radius 3 is 2.58 bits per heavy atom. The van der Waals surface area contributed by atoms with Crippen molar-refractivity contribution in [2.45, 2.75) is 17.8 Å². The highest BCUT2D eigenvalue weighted by Crippen LogP contribution is 2.52. The van der Waals surface area contributed by atoms with E-state index < -0.39 is 48.0 Å². The van der Waals surface area contributed by atoms with Crippen LogP contribution in [0, 0.1) is 11.7 Å². The topological polar surface area (TPSA) is 140 Å². The Labute approximate surface area is 187 Å². The predicted molar refractivity (Wildman–Crippen MR) is 108 cm³/mol. The molecule has 1 saturated heterocycles. The summed E-state index contributed by atoms with van der Waals surface area (Å²) < 4.78 is 60.5. The number of carbonyl (C=O) groups excluding carboxylic acids is 1. The molecule has 0 saturated carbocycles. The number of hydrogen-bond acceptors (Lipinski definition) is 8. The zero-order valence-electron chi connectivity index (χ0n) is 16.5. The number of amides is 1. The number of thioether (sulfide) groups is 1. The number of fused-ring (bicyclic) bond motifs is 1. The fourth-order valence-corrected chi connectivity index (χ4v) is 4.81. The van der Waals surface area contributed by atoms with Crippen molar-refractivity contribution >= 4 is 34.5 Å². The summed E-state index contributed by atoms with van der Waals surface area (Å²) in [6, 6.07) is 3.38. The maximum absolute atomic E-state index is 14.9. The zero-order valence-corrected chi connectivity index (χ0v) is 17.3. The molecule has 14 heteroatoms. The van der Waals surface area contributed by atoms with Crippen molar-refractivity contribution in [2.24, 2.45) is 16.6 Å². The normalized spacial score (nSPS) is 24.7. The van der Waals surface area contributed by atoms with E-state index in [2.05, 4.69) is 20.3 Å². The van der Waals surface area contributed by atoms with E-state index in [-0.39, 0.29) is 33.6 Å². The third kappa shape index (κ3) is 4.23. The lowest BCUT2D eigenvalue weighted by Crippen LogP contribution is -2.46. The van der Waals surface area contributed by atoms with E-state index in [1.807, 2.05) is 0 Å². The number of aromatic nitrogens is 2. The number of amidine groups is 1. The molecule has 1 amide bonds. The molecule has 9 nitrogen and oxygen atoms in total. The molecule has 4 rings (SSSR count). The summed E-state index contributed by atoms with van der Waals surface area (Å²) in [6.45, 7) is -0.542. The Balaban J connectivity index is 1.67. The maximum atomic E-state index is 14.9. The number of carbonyl (C=O) groups is 2. The molecule has 174 valence electrons. The van der Waals surface area contributed by atoms with Crippen LogP contribution in [0.15, 0.2) is 35.6 Å². The van der Waals surface area contributed by atoms with Crippen molar-refractivity contribution in [3.63, 3.8) is 0 Å². The molecule has 0 unspecified atom stereocenters. The first-order valence-corrected chi connectivity index (χ1v) is 10.3. The van der Waals surface area contributed by atoms with Crippen LogP contribution >= 0.6 is 11.8 Å². The number of ether oxygens (including phenoxy) is 1. The van der Waals surface area contributed by atoms with Gasteiger partial charge in [0.2, 0.25) is 0 Å². The van der Waals surface area contributed by atoms with Crippen molar-refractivity contribution in [1.82, 2.24) is 9.97 Å². The largest absolute Gasteiger partial charge is 0.476 e. The number of anilines is 1. The molecule has 1 aromatic carbocycles. The third-order valence-corrected chi connectivity index (χ3v) is 6.21. The van der Waals surface area contributed by atoms with Crippen molar-refractivity contribution in [1.29, 1.82) is 0 Å². The Morgan fingerprint density at radius 2 is 1.94 bits per heavy atom. The molecule has 0 radical (unpaired) electrons. The van der Waals surface area contributed by atoms with Crippen molar-refractivity contribution in [2.75, 3.05) is 17.7 Å². The molecule has 33 heavy (non-hydrogen) atoms. The lowest BCUT2D eigenvalue weighted by Gasteiger charge is -2.36. The van der Waals surface area contributed by atoms with E-state index in [4.69, 9.17) is 15.6 Å². The molecular weight excluding hydrogens is 470 g/mol. The summed E-state index contributed by atoms with van der Waals surface area (Å²) in [5.74, 6) is -4.26. The molecule has 4 N–H and O–H groups in total. The van der Waals surface area contributed by atoms with Gasteiger partial charge in [0.25, 0.3) is 5.91 Å². The van der Waals surface area contributed by atoms with Crippen LogP contribution < -0.4 is 11.1 Å². The quantitative estimate of drug-likeness (QED) is 0.561. The summed E-state index contributed by atoms with van der Waals surface area (Å²) in [6.07, 6.45) is -5.00. The Hall–Kier alpha value is -3.26. The molecule has 3 heterocycles. The predicted octanol–water partition coefficient (Wildman–Crippen LogP) is 2.40. The molecular formula is C19H15F4N5O4S. The van der Waals surface area contributed by atoms with E-state index >= 15 is 0 Å². The number of halogens is 4. The van der Waals surface area contributed by atoms with Gasteiger partial charge in [-0.3, -0.25) is 4.79 Å². The first-order chi connectivity index (χ1) is 15.5. The molecule has 2 aromatic rings. The van der Waals surface area contributed by atoms with Gasteiger partial charge in [0.15, 0.2) is 17.0 Å². The number of nitrogens with one attached hydrogen (secondary N) is 1. The van der Waals surface area contributed by atoms with Gasteiger partial charge in [0, 0.05) is 22.9 Å². The Bertz CT molecular complexity index is 1140. The molecule has 1 aromatic heterocycles. The van der Waals surface area contributed by atoms with Crippen molar-refractivity contribution in [3.05, 3.63) is 53.4 Å². The fraction of sp³-hybridized carbons (Fsp3) is 0.316. The SMILES string of the molecule is NC1=N[C@@]2(c3cc(NC(=O)c4cnc(C(=O)O)cn4)ccc3F)CO[C@H](C(F)(F)F)[C@H]2CS1. The average Bonchev–Trinajstić information content (AvgIpc) is 3.15. The van der Waals surface area contributed by atoms with E-state index in [0.717, 1.165) is 30.2 Å². The van der Waals surface area contributed by atoms with Crippen LogP contribution in [0.3, 0.4) is 0 Å². The minimum absolute atomic E-state index is 0.000285. The fourth-order valence-electron chi connectivity index (χ4n) is 3.78. The number of rotatable bonds is 4. The van der Waals surface area contributed by atoms with Gasteiger partial charge in [-0.15, -0.1) is 0 Å². The summed E-state index contributed by atoms with van der Waals surface area (Å²) in [4.78, 5) is 34.8. The second kappa shape index (κ2) is 8.26. The number of alkyl halides is 3. The van der Waals surface area contributed by atoms with Gasteiger partial charge in [-0.05, 0) is 18.2 Å². The van der Waals surface area contributed by atoms with Crippen molar-refractivity contribution < 1.29 is 37.0 Å². The van der Waals surface area contributed by atoms with Gasteiger partial charge < -0.3 is 20.9 Å². The molecule has 2 aliphatic rings. The number of nitrogens with two attached hydrogens (primary N) is 1. The number of carboxylic acids is 1. The summed E-state index contributed by atoms with van der Waals surface area (Å²) in [7, 11) is 0. The number of aliphatic imine (C=N–C) groups is 1. The number of aromatic carboxylic acids is 1. The van der Waals surface area contributed by atoms with Crippen LogP contribution in [0.2, 0.25) is 0 Å². The molecule has 0 bridgehead atoms. The minimum Gasteiger partial charge on any atom is -0.476 e. The second-order valence-electron chi connectivity index (χ2n) is 7.31. The molecule has 0 aliphatic carbocycles. The Morgan fingerprint density at radius 1 is 1.24 bits per heavy atom. The summed E-state index contributed by atoms with van der Waals surface area (Å²) in [5, 5.41) is 11.3. The van der Waals surface area contributed by atoms with Crippen LogP contribution in [0.1, 0.15) is 26.5 Å². The highest BCUT2D eigenvalue weighted by molar-refractivity contribution is 8.13. The van der Waals surface area contributed by atoms with Gasteiger partial charge >= 0.3 is 12.1 Å². The van der Waals surface area contributed by atoms with Gasteiger partial charge in [0.05, 0.1) is 19.0 Å². The highest BCUT2D eigenvalue weighted by Gasteiger charge is 2.62. The first kappa shape index (κ1) is 22.9. The van der Waals surface area contributed by atoms with Gasteiger partial charge in [-0.2, -0.15) is 13.2 Å². The first-order valence-electron chi connectivity index (χ1n) is 9.34. The van der Waals surface area contributed by atoms with E-state index in [1.165, 1.54) is 12.1 Å². The minimum atomic E-state index is -4.68. The standard InChI is InChI=1S/C19H15F4N5O4S/c20-11-2-1-8(27-15(29)12-4-26-13(5-25-12)16(30)31)3-9(11)18-7-32-14(19(21,22)23)10(18)6-33-17(24)28-18/h1-5,10,14H,6-7H2,(H2,24,28)(H,27,29)(H,30,31)/t10-,14+,18-/m1/s1. The number of benzene rings is 1.